The van der Waals surface area contributed by atoms with E-state index in [-0.39, 0.29) is 12.3 Å². The number of alkyl carbamates (subject to hydrolysis) is 1. The van der Waals surface area contributed by atoms with Gasteiger partial charge in [0.2, 0.25) is 0 Å². The minimum atomic E-state index is -0.599. The average molecular weight is 339 g/mol. The third-order valence-corrected chi connectivity index (χ3v) is 3.09. The monoisotopic (exact) mass is 339 g/mol. The van der Waals surface area contributed by atoms with Crippen LogP contribution in [0.3, 0.4) is 0 Å². The quantitative estimate of drug-likeness (QED) is 0.381. The summed E-state index contributed by atoms with van der Waals surface area (Å²) in [6, 6.07) is 5.97. The van der Waals surface area contributed by atoms with Gasteiger partial charge in [0.25, 0.3) is 5.69 Å². The maximum atomic E-state index is 11.7. The van der Waals surface area contributed by atoms with Crippen molar-refractivity contribution < 1.29 is 19.6 Å². The van der Waals surface area contributed by atoms with Gasteiger partial charge in [0.1, 0.15) is 11.3 Å². The number of aliphatic hydroxyl groups excluding tert-OH is 1. The summed E-state index contributed by atoms with van der Waals surface area (Å²) in [5.41, 5.74) is -0.135. The molecule has 0 aliphatic rings. The van der Waals surface area contributed by atoms with Crippen LogP contribution in [-0.4, -0.2) is 40.9 Å². The van der Waals surface area contributed by atoms with Crippen molar-refractivity contribution in [1.82, 2.24) is 5.32 Å². The van der Waals surface area contributed by atoms with E-state index in [1.165, 1.54) is 6.07 Å². The summed E-state index contributed by atoms with van der Waals surface area (Å²) in [6.07, 6.45) is 0.560. The third-order valence-electron chi connectivity index (χ3n) is 3.09. The second kappa shape index (κ2) is 9.07. The summed E-state index contributed by atoms with van der Waals surface area (Å²) < 4.78 is 5.14. The molecule has 0 heterocycles. The first-order chi connectivity index (χ1) is 11.2. The van der Waals surface area contributed by atoms with Crippen LogP contribution in [0, 0.1) is 10.1 Å². The molecule has 1 rings (SSSR count). The lowest BCUT2D eigenvalue weighted by atomic mass is 10.1. The van der Waals surface area contributed by atoms with Gasteiger partial charge in [-0.05, 0) is 39.7 Å². The van der Waals surface area contributed by atoms with E-state index < -0.39 is 22.7 Å². The van der Waals surface area contributed by atoms with Crippen molar-refractivity contribution in [1.29, 1.82) is 0 Å². The van der Waals surface area contributed by atoms with E-state index in [0.717, 1.165) is 0 Å². The highest BCUT2D eigenvalue weighted by atomic mass is 16.6. The van der Waals surface area contributed by atoms with Crippen molar-refractivity contribution in [3.8, 4) is 0 Å². The zero-order chi connectivity index (χ0) is 18.2. The van der Waals surface area contributed by atoms with E-state index in [4.69, 9.17) is 4.74 Å². The summed E-state index contributed by atoms with van der Waals surface area (Å²) in [5.74, 6) is 0. The second-order valence-corrected chi connectivity index (χ2v) is 6.37. The predicted molar refractivity (Wildman–Crippen MR) is 91.1 cm³/mol. The van der Waals surface area contributed by atoms with Gasteiger partial charge in [-0.1, -0.05) is 12.1 Å². The number of para-hydroxylation sites is 2. The Bertz CT molecular complexity index is 557. The highest BCUT2D eigenvalue weighted by Crippen LogP contribution is 2.23. The van der Waals surface area contributed by atoms with Crippen molar-refractivity contribution in [2.45, 2.75) is 45.3 Å². The summed E-state index contributed by atoms with van der Waals surface area (Å²) >= 11 is 0. The van der Waals surface area contributed by atoms with Crippen LogP contribution in [0.4, 0.5) is 16.2 Å². The molecular weight excluding hydrogens is 314 g/mol. The van der Waals surface area contributed by atoms with Crippen LogP contribution in [0.25, 0.3) is 0 Å². The number of nitro benzene ring substituents is 1. The van der Waals surface area contributed by atoms with E-state index >= 15 is 0 Å². The van der Waals surface area contributed by atoms with Crippen molar-refractivity contribution in [3.05, 3.63) is 34.4 Å². The standard InChI is InChI=1S/C16H25N3O5/c1-16(2,3)24-15(21)18-12(11-20)7-6-10-17-13-8-4-5-9-14(13)19(22)23/h4-5,8-9,12,17,20H,6-7,10-11H2,1-3H3,(H,18,21)/t12-/m0/s1. The number of benzene rings is 1. The van der Waals surface area contributed by atoms with Gasteiger partial charge in [-0.25, -0.2) is 4.79 Å². The van der Waals surface area contributed by atoms with Crippen molar-refractivity contribution in [2.75, 3.05) is 18.5 Å². The minimum absolute atomic E-state index is 0.0167. The van der Waals surface area contributed by atoms with Gasteiger partial charge >= 0.3 is 6.09 Å². The van der Waals surface area contributed by atoms with Gasteiger partial charge in [-0.2, -0.15) is 0 Å². The number of anilines is 1. The molecule has 134 valence electrons. The maximum Gasteiger partial charge on any atom is 0.407 e. The van der Waals surface area contributed by atoms with Gasteiger partial charge in [0.15, 0.2) is 0 Å². The molecule has 0 saturated carbocycles. The number of nitro groups is 1. The number of nitrogens with zero attached hydrogens (tertiary/aromatic N) is 1. The molecule has 1 aromatic rings. The lowest BCUT2D eigenvalue weighted by Gasteiger charge is -2.22. The largest absolute Gasteiger partial charge is 0.444 e. The van der Waals surface area contributed by atoms with Crippen molar-refractivity contribution >= 4 is 17.5 Å². The fourth-order valence-corrected chi connectivity index (χ4v) is 2.04. The molecule has 0 radical (unpaired) electrons. The zero-order valence-electron chi connectivity index (χ0n) is 14.2. The number of hydrogen-bond donors (Lipinski definition) is 3. The summed E-state index contributed by atoms with van der Waals surface area (Å²) in [4.78, 5) is 22.1. The van der Waals surface area contributed by atoms with Crippen LogP contribution in [0.5, 0.6) is 0 Å². The Balaban J connectivity index is 2.40. The normalized spacial score (nSPS) is 12.3. The molecule has 8 heteroatoms. The number of aliphatic hydroxyl groups is 1. The van der Waals surface area contributed by atoms with Crippen molar-refractivity contribution in [3.63, 3.8) is 0 Å². The number of amides is 1. The topological polar surface area (TPSA) is 114 Å². The Morgan fingerprint density at radius 3 is 2.62 bits per heavy atom. The molecule has 0 bridgehead atoms. The SMILES string of the molecule is CC(C)(C)OC(=O)N[C@H](CO)CCCNc1ccccc1[N+](=O)[O-]. The highest BCUT2D eigenvalue weighted by molar-refractivity contribution is 5.68. The fraction of sp³-hybridized carbons (Fsp3) is 0.562. The summed E-state index contributed by atoms with van der Waals surface area (Å²) in [6.45, 7) is 5.56. The highest BCUT2D eigenvalue weighted by Gasteiger charge is 2.19. The number of carbonyl (C=O) groups is 1. The lowest BCUT2D eigenvalue weighted by molar-refractivity contribution is -0.384. The average Bonchev–Trinajstić information content (AvgIpc) is 2.48. The predicted octanol–water partition coefficient (Wildman–Crippen LogP) is 2.67. The Morgan fingerprint density at radius 1 is 1.38 bits per heavy atom. The van der Waals surface area contributed by atoms with Crippen LogP contribution < -0.4 is 10.6 Å². The molecule has 24 heavy (non-hydrogen) atoms. The first-order valence-electron chi connectivity index (χ1n) is 7.80. The van der Waals surface area contributed by atoms with Crippen LogP contribution >= 0.6 is 0 Å². The van der Waals surface area contributed by atoms with Crippen molar-refractivity contribution in [2.24, 2.45) is 0 Å². The smallest absolute Gasteiger partial charge is 0.407 e. The zero-order valence-corrected chi connectivity index (χ0v) is 14.2. The van der Waals surface area contributed by atoms with E-state index in [0.29, 0.717) is 25.1 Å². The Labute approximate surface area is 141 Å². The first-order valence-corrected chi connectivity index (χ1v) is 7.80. The molecular formula is C16H25N3O5. The first kappa shape index (κ1) is 19.7. The van der Waals surface area contributed by atoms with Gasteiger partial charge < -0.3 is 20.5 Å². The minimum Gasteiger partial charge on any atom is -0.444 e. The summed E-state index contributed by atoms with van der Waals surface area (Å²) in [7, 11) is 0. The molecule has 0 unspecified atom stereocenters. The number of hydrogen-bond acceptors (Lipinski definition) is 6. The van der Waals surface area contributed by atoms with Crippen LogP contribution in [0.15, 0.2) is 24.3 Å². The van der Waals surface area contributed by atoms with E-state index in [1.54, 1.807) is 39.0 Å². The van der Waals surface area contributed by atoms with Gasteiger partial charge in [0, 0.05) is 12.6 Å². The number of ether oxygens (including phenoxy) is 1. The Kier molecular flexibility index (Phi) is 7.44. The molecule has 0 spiro atoms. The Hall–Kier alpha value is -2.35. The fourth-order valence-electron chi connectivity index (χ4n) is 2.04. The molecule has 1 aromatic carbocycles. The molecule has 0 aliphatic carbocycles. The van der Waals surface area contributed by atoms with Crippen LogP contribution in [0.1, 0.15) is 33.6 Å². The van der Waals surface area contributed by atoms with Gasteiger partial charge in [-0.15, -0.1) is 0 Å². The third kappa shape index (κ3) is 7.28. The van der Waals surface area contributed by atoms with Gasteiger partial charge in [0.05, 0.1) is 17.6 Å². The molecule has 8 nitrogen and oxygen atoms in total. The molecule has 0 aromatic heterocycles. The Morgan fingerprint density at radius 2 is 2.04 bits per heavy atom. The van der Waals surface area contributed by atoms with E-state index in [1.807, 2.05) is 0 Å². The van der Waals surface area contributed by atoms with Crippen LogP contribution in [-0.2, 0) is 4.74 Å². The molecule has 3 N–H and O–H groups in total. The number of nitrogens with one attached hydrogen (secondary N) is 2. The van der Waals surface area contributed by atoms with E-state index in [9.17, 15) is 20.0 Å². The number of rotatable bonds is 8. The number of carbonyl (C=O) groups excluding carboxylic acids is 1. The summed E-state index contributed by atoms with van der Waals surface area (Å²) in [5, 5.41) is 25.8. The second-order valence-electron chi connectivity index (χ2n) is 6.37. The molecule has 0 saturated heterocycles. The molecule has 0 fully saturated rings. The maximum absolute atomic E-state index is 11.7. The molecule has 1 amide bonds. The van der Waals surface area contributed by atoms with Gasteiger partial charge in [-0.3, -0.25) is 10.1 Å². The molecule has 1 atom stereocenters. The lowest BCUT2D eigenvalue weighted by Crippen LogP contribution is -2.41. The molecule has 0 aliphatic heterocycles. The van der Waals surface area contributed by atoms with Crippen LogP contribution in [0.2, 0.25) is 0 Å². The van der Waals surface area contributed by atoms with E-state index in [2.05, 4.69) is 10.6 Å².